The summed E-state index contributed by atoms with van der Waals surface area (Å²) in [4.78, 5) is 14.7. The van der Waals surface area contributed by atoms with Gasteiger partial charge < -0.3 is 9.15 Å². The Morgan fingerprint density at radius 2 is 1.04 bits per heavy atom. The van der Waals surface area contributed by atoms with Gasteiger partial charge in [0.05, 0.1) is 0 Å². The van der Waals surface area contributed by atoms with Gasteiger partial charge in [-0.3, -0.25) is 0 Å². The molecule has 1 aliphatic heterocycles. The molecular weight excluding hydrogens is 578 g/mol. The molecule has 3 heterocycles. The number of hydrogen-bond acceptors (Lipinski definition) is 5. The molecule has 0 bridgehead atoms. The fourth-order valence-corrected chi connectivity index (χ4v) is 6.69. The van der Waals surface area contributed by atoms with Gasteiger partial charge in [0.2, 0.25) is 0 Å². The predicted octanol–water partition coefficient (Wildman–Crippen LogP) is 10.9. The molecule has 0 N–H and O–H groups in total. The summed E-state index contributed by atoms with van der Waals surface area (Å²) in [5, 5.41) is 2.15. The summed E-state index contributed by atoms with van der Waals surface area (Å²) in [5.74, 6) is 3.51. The minimum absolute atomic E-state index is 0.275. The summed E-state index contributed by atoms with van der Waals surface area (Å²) in [6, 6.07) is 47.4. The van der Waals surface area contributed by atoms with Crippen molar-refractivity contribution in [2.45, 2.75) is 19.3 Å². The Morgan fingerprint density at radius 3 is 1.77 bits per heavy atom. The zero-order valence-electron chi connectivity index (χ0n) is 25.9. The molecule has 0 spiro atoms. The lowest BCUT2D eigenvalue weighted by molar-refractivity contribution is 0.415. The number of para-hydroxylation sites is 1. The van der Waals surface area contributed by atoms with Gasteiger partial charge in [-0.15, -0.1) is 0 Å². The van der Waals surface area contributed by atoms with Crippen LogP contribution in [0.4, 0.5) is 0 Å². The summed E-state index contributed by atoms with van der Waals surface area (Å²) in [5.41, 5.74) is 8.50. The monoisotopic (exact) mass is 607 g/mol. The Morgan fingerprint density at radius 1 is 0.468 bits per heavy atom. The molecule has 0 saturated heterocycles. The molecule has 2 aromatic heterocycles. The van der Waals surface area contributed by atoms with E-state index in [4.69, 9.17) is 24.1 Å². The van der Waals surface area contributed by atoms with Crippen molar-refractivity contribution in [1.82, 2.24) is 15.0 Å². The van der Waals surface area contributed by atoms with E-state index in [0.717, 1.165) is 72.4 Å². The molecule has 47 heavy (non-hydrogen) atoms. The Kier molecular flexibility index (Phi) is 6.09. The van der Waals surface area contributed by atoms with E-state index >= 15 is 0 Å². The van der Waals surface area contributed by atoms with E-state index < -0.39 is 0 Å². The highest BCUT2D eigenvalue weighted by atomic mass is 16.5. The molecule has 0 aliphatic carbocycles. The zero-order valence-corrected chi connectivity index (χ0v) is 25.9. The quantitative estimate of drug-likeness (QED) is 0.199. The molecule has 0 fully saturated rings. The number of benzene rings is 6. The first-order valence-electron chi connectivity index (χ1n) is 15.8. The molecule has 8 aromatic rings. The third kappa shape index (κ3) is 4.50. The van der Waals surface area contributed by atoms with E-state index in [9.17, 15) is 0 Å². The topological polar surface area (TPSA) is 61.0 Å². The zero-order chi connectivity index (χ0) is 31.5. The van der Waals surface area contributed by atoms with E-state index in [-0.39, 0.29) is 5.41 Å². The maximum Gasteiger partial charge on any atom is 0.178 e. The standard InChI is InChI=1S/C42H29N3O2/c1-42(2)33-22-20-29(25-36(33)47-38-34(42)23-21-32-31-18-9-10-19-35(31)46-37(32)38)28-16-11-17-30(24-28)41-44-39(26-12-5-3-6-13-26)43-40(45-41)27-14-7-4-8-15-27/h3-25H,1-2H3. The SMILES string of the molecule is CC1(C)c2ccc(-c3cccc(-c4nc(-c5ccccc5)nc(-c5ccccc5)n4)c3)cc2Oc2c1ccc1c2oc2ccccc21. The van der Waals surface area contributed by atoms with Gasteiger partial charge in [0, 0.05) is 44.0 Å². The number of hydrogen-bond donors (Lipinski definition) is 0. The van der Waals surface area contributed by atoms with Gasteiger partial charge in [0.1, 0.15) is 11.3 Å². The summed E-state index contributed by atoms with van der Waals surface area (Å²) in [6.07, 6.45) is 0. The van der Waals surface area contributed by atoms with Crippen molar-refractivity contribution in [3.63, 3.8) is 0 Å². The van der Waals surface area contributed by atoms with Gasteiger partial charge in [-0.2, -0.15) is 0 Å². The van der Waals surface area contributed by atoms with Crippen molar-refractivity contribution in [3.8, 4) is 56.8 Å². The second kappa shape index (κ2) is 10.5. The summed E-state index contributed by atoms with van der Waals surface area (Å²) in [7, 11) is 0. The van der Waals surface area contributed by atoms with Crippen LogP contribution < -0.4 is 4.74 Å². The number of fused-ring (bicyclic) bond motifs is 6. The van der Waals surface area contributed by atoms with E-state index in [1.54, 1.807) is 0 Å². The molecule has 0 atom stereocenters. The smallest absolute Gasteiger partial charge is 0.178 e. The molecule has 0 saturated carbocycles. The highest BCUT2D eigenvalue weighted by Gasteiger charge is 2.36. The summed E-state index contributed by atoms with van der Waals surface area (Å²) >= 11 is 0. The van der Waals surface area contributed by atoms with Gasteiger partial charge >= 0.3 is 0 Å². The number of ether oxygens (including phenoxy) is 1. The molecule has 9 rings (SSSR count). The molecule has 5 nitrogen and oxygen atoms in total. The number of aromatic nitrogens is 3. The van der Waals surface area contributed by atoms with Gasteiger partial charge in [-0.05, 0) is 35.4 Å². The highest BCUT2D eigenvalue weighted by Crippen LogP contribution is 2.52. The van der Waals surface area contributed by atoms with Crippen LogP contribution in [0.2, 0.25) is 0 Å². The van der Waals surface area contributed by atoms with Crippen LogP contribution in [-0.4, -0.2) is 15.0 Å². The maximum atomic E-state index is 6.74. The van der Waals surface area contributed by atoms with Crippen LogP contribution in [0.5, 0.6) is 11.5 Å². The molecule has 1 aliphatic rings. The van der Waals surface area contributed by atoms with Crippen molar-refractivity contribution < 1.29 is 9.15 Å². The fourth-order valence-electron chi connectivity index (χ4n) is 6.69. The Bertz CT molecular complexity index is 2410. The van der Waals surface area contributed by atoms with Crippen LogP contribution in [0.1, 0.15) is 25.0 Å². The number of furan rings is 1. The highest BCUT2D eigenvalue weighted by molar-refractivity contribution is 6.07. The first-order valence-corrected chi connectivity index (χ1v) is 15.8. The van der Waals surface area contributed by atoms with Gasteiger partial charge in [-0.1, -0.05) is 129 Å². The summed E-state index contributed by atoms with van der Waals surface area (Å²) < 4.78 is 13.1. The third-order valence-electron chi connectivity index (χ3n) is 9.20. The molecule has 0 radical (unpaired) electrons. The van der Waals surface area contributed by atoms with E-state index in [2.05, 4.69) is 74.5 Å². The van der Waals surface area contributed by atoms with Crippen LogP contribution >= 0.6 is 0 Å². The van der Waals surface area contributed by atoms with Crippen molar-refractivity contribution in [3.05, 3.63) is 151 Å². The fraction of sp³-hybridized carbons (Fsp3) is 0.0714. The average molecular weight is 608 g/mol. The van der Waals surface area contributed by atoms with Gasteiger partial charge in [0.15, 0.2) is 28.8 Å². The van der Waals surface area contributed by atoms with Crippen molar-refractivity contribution in [2.24, 2.45) is 0 Å². The largest absolute Gasteiger partial charge is 0.453 e. The van der Waals surface area contributed by atoms with Gasteiger partial charge in [0.25, 0.3) is 0 Å². The average Bonchev–Trinajstić information content (AvgIpc) is 3.51. The van der Waals surface area contributed by atoms with Crippen molar-refractivity contribution in [1.29, 1.82) is 0 Å². The lowest BCUT2D eigenvalue weighted by Gasteiger charge is -2.34. The van der Waals surface area contributed by atoms with E-state index in [1.165, 1.54) is 0 Å². The van der Waals surface area contributed by atoms with Crippen LogP contribution in [0.3, 0.4) is 0 Å². The lowest BCUT2D eigenvalue weighted by atomic mass is 9.75. The molecule has 6 aromatic carbocycles. The second-order valence-corrected chi connectivity index (χ2v) is 12.5. The van der Waals surface area contributed by atoms with Crippen molar-refractivity contribution in [2.75, 3.05) is 0 Å². The van der Waals surface area contributed by atoms with Crippen LogP contribution in [0, 0.1) is 0 Å². The van der Waals surface area contributed by atoms with Crippen LogP contribution in [0.15, 0.2) is 144 Å². The van der Waals surface area contributed by atoms with Crippen molar-refractivity contribution >= 4 is 21.9 Å². The molecule has 0 unspecified atom stereocenters. The molecule has 0 amide bonds. The van der Waals surface area contributed by atoms with Crippen LogP contribution in [-0.2, 0) is 5.41 Å². The lowest BCUT2D eigenvalue weighted by Crippen LogP contribution is -2.24. The maximum absolute atomic E-state index is 6.74. The summed E-state index contributed by atoms with van der Waals surface area (Å²) in [6.45, 7) is 4.49. The Labute approximate surface area is 272 Å². The van der Waals surface area contributed by atoms with Gasteiger partial charge in [-0.25, -0.2) is 15.0 Å². The minimum Gasteiger partial charge on any atom is -0.453 e. The molecule has 5 heteroatoms. The van der Waals surface area contributed by atoms with E-state index in [1.807, 2.05) is 78.9 Å². The third-order valence-corrected chi connectivity index (χ3v) is 9.20. The number of rotatable bonds is 4. The van der Waals surface area contributed by atoms with E-state index in [0.29, 0.717) is 17.5 Å². The Balaban J connectivity index is 1.14. The Hall–Kier alpha value is -6.07. The number of nitrogens with zero attached hydrogens (tertiary/aromatic N) is 3. The first-order chi connectivity index (χ1) is 23.0. The molecule has 224 valence electrons. The van der Waals surface area contributed by atoms with Crippen LogP contribution in [0.25, 0.3) is 67.2 Å². The predicted molar refractivity (Wildman–Crippen MR) is 187 cm³/mol. The minimum atomic E-state index is -0.275. The first kappa shape index (κ1) is 27.3. The molecular formula is C42H29N3O2. The second-order valence-electron chi connectivity index (χ2n) is 12.5. The normalized spacial score (nSPS) is 13.2.